The normalized spacial score (nSPS) is 19.2. The van der Waals surface area contributed by atoms with Crippen molar-refractivity contribution in [2.24, 2.45) is 5.92 Å². The lowest BCUT2D eigenvalue weighted by molar-refractivity contribution is -0.116. The van der Waals surface area contributed by atoms with Crippen LogP contribution in [0.2, 0.25) is 0 Å². The van der Waals surface area contributed by atoms with Gasteiger partial charge in [-0.25, -0.2) is 0 Å². The third-order valence-electron chi connectivity index (χ3n) is 3.12. The van der Waals surface area contributed by atoms with Crippen LogP contribution in [-0.2, 0) is 4.79 Å². The van der Waals surface area contributed by atoms with Crippen LogP contribution < -0.4 is 10.6 Å². The first-order valence-corrected chi connectivity index (χ1v) is 6.17. The molecule has 0 radical (unpaired) electrons. The number of anilines is 1. The second-order valence-electron chi connectivity index (χ2n) is 4.63. The number of nitrogens with one attached hydrogen (secondary N) is 2. The number of hydrogen-bond donors (Lipinski definition) is 2. The smallest absolute Gasteiger partial charge is 0.224 e. The molecule has 0 aromatic carbocycles. The Morgan fingerprint density at radius 1 is 1.65 bits per heavy atom. The number of amides is 1. The second-order valence-corrected chi connectivity index (χ2v) is 4.63. The van der Waals surface area contributed by atoms with Crippen molar-refractivity contribution >= 4 is 11.6 Å². The molecule has 1 unspecified atom stereocenters. The molecule has 4 nitrogen and oxygen atoms in total. The van der Waals surface area contributed by atoms with E-state index in [1.807, 2.05) is 19.1 Å². The Balaban J connectivity index is 1.76. The third kappa shape index (κ3) is 3.82. The van der Waals surface area contributed by atoms with E-state index in [2.05, 4.69) is 15.6 Å². The number of carbonyl (C=O) groups is 1. The summed E-state index contributed by atoms with van der Waals surface area (Å²) in [6, 6.07) is 3.71. The van der Waals surface area contributed by atoms with Crippen molar-refractivity contribution in [3.63, 3.8) is 0 Å². The quantitative estimate of drug-likeness (QED) is 0.832. The minimum atomic E-state index is 0.0995. The Labute approximate surface area is 102 Å². The summed E-state index contributed by atoms with van der Waals surface area (Å²) in [5, 5.41) is 6.22. The van der Waals surface area contributed by atoms with Gasteiger partial charge in [0.1, 0.15) is 0 Å². The first-order valence-electron chi connectivity index (χ1n) is 6.17. The van der Waals surface area contributed by atoms with Crippen LogP contribution in [0.4, 0.5) is 5.69 Å². The van der Waals surface area contributed by atoms with E-state index in [4.69, 9.17) is 0 Å². The van der Waals surface area contributed by atoms with Gasteiger partial charge < -0.3 is 10.6 Å². The Morgan fingerprint density at radius 2 is 2.53 bits per heavy atom. The standard InChI is InChI=1S/C13H19N3O/c1-10-8-12(5-7-15-10)16-13(17)3-2-11-4-6-14-9-11/h5,7-8,11,14H,2-4,6,9H2,1H3,(H,15,16,17). The van der Waals surface area contributed by atoms with E-state index in [1.165, 1.54) is 6.42 Å². The van der Waals surface area contributed by atoms with Gasteiger partial charge in [-0.15, -0.1) is 0 Å². The summed E-state index contributed by atoms with van der Waals surface area (Å²) in [6.07, 6.45) is 4.49. The van der Waals surface area contributed by atoms with Gasteiger partial charge in [-0.2, -0.15) is 0 Å². The summed E-state index contributed by atoms with van der Waals surface area (Å²) in [4.78, 5) is 15.8. The molecule has 0 saturated carbocycles. The van der Waals surface area contributed by atoms with Crippen molar-refractivity contribution in [1.29, 1.82) is 0 Å². The lowest BCUT2D eigenvalue weighted by Gasteiger charge is -2.08. The maximum atomic E-state index is 11.7. The van der Waals surface area contributed by atoms with Gasteiger partial charge >= 0.3 is 0 Å². The molecule has 2 N–H and O–H groups in total. The van der Waals surface area contributed by atoms with Crippen LogP contribution in [0.25, 0.3) is 0 Å². The van der Waals surface area contributed by atoms with Crippen molar-refractivity contribution in [1.82, 2.24) is 10.3 Å². The third-order valence-corrected chi connectivity index (χ3v) is 3.12. The Kier molecular flexibility index (Phi) is 4.09. The van der Waals surface area contributed by atoms with Crippen LogP contribution in [0.3, 0.4) is 0 Å². The summed E-state index contributed by atoms with van der Waals surface area (Å²) in [5.74, 6) is 0.766. The van der Waals surface area contributed by atoms with Crippen LogP contribution in [-0.4, -0.2) is 24.0 Å². The van der Waals surface area contributed by atoms with Crippen molar-refractivity contribution in [3.05, 3.63) is 24.0 Å². The van der Waals surface area contributed by atoms with Gasteiger partial charge in [-0.05, 0) is 50.9 Å². The molecule has 0 bridgehead atoms. The molecule has 2 heterocycles. The van der Waals surface area contributed by atoms with Gasteiger partial charge in [0.25, 0.3) is 0 Å². The molecular weight excluding hydrogens is 214 g/mol. The van der Waals surface area contributed by atoms with Gasteiger partial charge in [0.15, 0.2) is 0 Å². The Bertz CT molecular complexity index is 386. The number of carbonyl (C=O) groups excluding carboxylic acids is 1. The molecule has 4 heteroatoms. The lowest BCUT2D eigenvalue weighted by Crippen LogP contribution is -2.15. The first-order chi connectivity index (χ1) is 8.24. The minimum absolute atomic E-state index is 0.0995. The molecule has 1 aromatic rings. The molecule has 1 fully saturated rings. The summed E-state index contributed by atoms with van der Waals surface area (Å²) in [5.41, 5.74) is 1.76. The number of nitrogens with zero attached hydrogens (tertiary/aromatic N) is 1. The summed E-state index contributed by atoms with van der Waals surface area (Å²) < 4.78 is 0. The van der Waals surface area contributed by atoms with Crippen molar-refractivity contribution in [2.75, 3.05) is 18.4 Å². The average Bonchev–Trinajstić information content (AvgIpc) is 2.79. The van der Waals surface area contributed by atoms with Gasteiger partial charge in [0.2, 0.25) is 5.91 Å². The van der Waals surface area contributed by atoms with Crippen molar-refractivity contribution < 1.29 is 4.79 Å². The molecule has 2 rings (SSSR count). The van der Waals surface area contributed by atoms with Gasteiger partial charge in [-0.1, -0.05) is 0 Å². The fraction of sp³-hybridized carbons (Fsp3) is 0.538. The van der Waals surface area contributed by atoms with Crippen LogP contribution >= 0.6 is 0 Å². The van der Waals surface area contributed by atoms with E-state index in [1.54, 1.807) is 6.20 Å². The Morgan fingerprint density at radius 3 is 3.24 bits per heavy atom. The number of rotatable bonds is 4. The highest BCUT2D eigenvalue weighted by molar-refractivity contribution is 5.90. The molecule has 0 aliphatic carbocycles. The predicted molar refractivity (Wildman–Crippen MR) is 67.8 cm³/mol. The maximum Gasteiger partial charge on any atom is 0.224 e. The molecule has 1 aliphatic rings. The second kappa shape index (κ2) is 5.77. The van der Waals surface area contributed by atoms with Crippen LogP contribution in [0.1, 0.15) is 25.0 Å². The zero-order valence-electron chi connectivity index (χ0n) is 10.2. The van der Waals surface area contributed by atoms with E-state index < -0.39 is 0 Å². The van der Waals surface area contributed by atoms with Gasteiger partial charge in [0, 0.05) is 24.0 Å². The largest absolute Gasteiger partial charge is 0.326 e. The molecule has 17 heavy (non-hydrogen) atoms. The van der Waals surface area contributed by atoms with E-state index in [-0.39, 0.29) is 5.91 Å². The summed E-state index contributed by atoms with van der Waals surface area (Å²) in [7, 11) is 0. The zero-order chi connectivity index (χ0) is 12.1. The van der Waals surface area contributed by atoms with Gasteiger partial charge in [0.05, 0.1) is 0 Å². The SMILES string of the molecule is Cc1cc(NC(=O)CCC2CCNC2)ccn1. The fourth-order valence-electron chi connectivity index (χ4n) is 2.14. The molecule has 1 aromatic heterocycles. The molecule has 1 amide bonds. The highest BCUT2D eigenvalue weighted by Crippen LogP contribution is 2.15. The number of aryl methyl sites for hydroxylation is 1. The first kappa shape index (κ1) is 12.0. The minimum Gasteiger partial charge on any atom is -0.326 e. The Hall–Kier alpha value is -1.42. The van der Waals surface area contributed by atoms with Crippen LogP contribution in [0, 0.1) is 12.8 Å². The van der Waals surface area contributed by atoms with E-state index in [0.29, 0.717) is 12.3 Å². The van der Waals surface area contributed by atoms with Crippen LogP contribution in [0.5, 0.6) is 0 Å². The average molecular weight is 233 g/mol. The van der Waals surface area contributed by atoms with Crippen molar-refractivity contribution in [3.8, 4) is 0 Å². The highest BCUT2D eigenvalue weighted by atomic mass is 16.1. The summed E-state index contributed by atoms with van der Waals surface area (Å²) in [6.45, 7) is 4.07. The number of aromatic nitrogens is 1. The lowest BCUT2D eigenvalue weighted by atomic mass is 10.0. The monoisotopic (exact) mass is 233 g/mol. The van der Waals surface area contributed by atoms with Crippen LogP contribution in [0.15, 0.2) is 18.3 Å². The predicted octanol–water partition coefficient (Wildman–Crippen LogP) is 1.72. The van der Waals surface area contributed by atoms with E-state index in [0.717, 1.165) is 30.9 Å². The molecule has 1 atom stereocenters. The van der Waals surface area contributed by atoms with E-state index >= 15 is 0 Å². The topological polar surface area (TPSA) is 54.0 Å². The molecular formula is C13H19N3O. The zero-order valence-corrected chi connectivity index (χ0v) is 10.2. The number of hydrogen-bond acceptors (Lipinski definition) is 3. The van der Waals surface area contributed by atoms with Crippen molar-refractivity contribution in [2.45, 2.75) is 26.2 Å². The number of pyridine rings is 1. The van der Waals surface area contributed by atoms with Gasteiger partial charge in [-0.3, -0.25) is 9.78 Å². The molecule has 92 valence electrons. The van der Waals surface area contributed by atoms with E-state index in [9.17, 15) is 4.79 Å². The summed E-state index contributed by atoms with van der Waals surface area (Å²) >= 11 is 0. The molecule has 1 aliphatic heterocycles. The molecule has 0 spiro atoms. The molecule has 1 saturated heterocycles. The fourth-order valence-corrected chi connectivity index (χ4v) is 2.14. The highest BCUT2D eigenvalue weighted by Gasteiger charge is 2.15. The maximum absolute atomic E-state index is 11.7.